The normalized spacial score (nSPS) is 23.1. The fourth-order valence-electron chi connectivity index (χ4n) is 2.67. The predicted octanol–water partition coefficient (Wildman–Crippen LogP) is 1.13. The molecule has 0 radical (unpaired) electrons. The summed E-state index contributed by atoms with van der Waals surface area (Å²) in [4.78, 5) is 22.4. The third kappa shape index (κ3) is 3.16. The van der Waals surface area contributed by atoms with E-state index in [0.717, 1.165) is 5.56 Å². The summed E-state index contributed by atoms with van der Waals surface area (Å²) in [6, 6.07) is 7.32. The number of carbonyl (C=O) groups is 2. The van der Waals surface area contributed by atoms with Crippen LogP contribution < -0.4 is 10.5 Å². The molecule has 6 nitrogen and oxygen atoms in total. The number of methoxy groups -OCH3 is 1. The first-order valence-corrected chi connectivity index (χ1v) is 6.76. The van der Waals surface area contributed by atoms with Gasteiger partial charge in [0.2, 0.25) is 0 Å². The van der Waals surface area contributed by atoms with E-state index in [2.05, 4.69) is 0 Å². The second-order valence-electron chi connectivity index (χ2n) is 5.48. The van der Waals surface area contributed by atoms with Crippen molar-refractivity contribution in [1.82, 2.24) is 0 Å². The predicted molar refractivity (Wildman–Crippen MR) is 75.1 cm³/mol. The van der Waals surface area contributed by atoms with Crippen LogP contribution in [-0.4, -0.2) is 34.8 Å². The van der Waals surface area contributed by atoms with E-state index in [0.29, 0.717) is 18.6 Å². The number of benzene rings is 1. The molecule has 0 heterocycles. The third-order valence-corrected chi connectivity index (χ3v) is 4.13. The van der Waals surface area contributed by atoms with Crippen LogP contribution in [0, 0.1) is 11.8 Å². The van der Waals surface area contributed by atoms with Crippen LogP contribution in [0.2, 0.25) is 0 Å². The smallest absolute Gasteiger partial charge is 0.324 e. The molecule has 6 heteroatoms. The molecule has 1 aromatic rings. The van der Waals surface area contributed by atoms with E-state index in [1.807, 2.05) is 18.2 Å². The standard InChI is InChI=1S/C15H19NO5/c1-21-10-4-2-3-9(7-10)5-6-15(16,14(19)20)12-8-11(12)13(17)18/h2-4,7,11-12H,5-6,8,16H2,1H3,(H,17,18)(H,19,20)/t11-,12?,15+/m0/s1. The van der Waals surface area contributed by atoms with Gasteiger partial charge < -0.3 is 20.7 Å². The minimum absolute atomic E-state index is 0.198. The number of nitrogens with two attached hydrogens (primary N) is 1. The molecule has 2 rings (SSSR count). The number of aryl methyl sites for hydroxylation is 1. The lowest BCUT2D eigenvalue weighted by molar-refractivity contribution is -0.145. The third-order valence-electron chi connectivity index (χ3n) is 4.13. The van der Waals surface area contributed by atoms with E-state index < -0.39 is 29.3 Å². The monoisotopic (exact) mass is 293 g/mol. The van der Waals surface area contributed by atoms with E-state index >= 15 is 0 Å². The van der Waals surface area contributed by atoms with E-state index in [4.69, 9.17) is 15.6 Å². The molecule has 1 unspecified atom stereocenters. The van der Waals surface area contributed by atoms with Gasteiger partial charge in [0.1, 0.15) is 11.3 Å². The molecule has 0 saturated heterocycles. The second kappa shape index (κ2) is 5.73. The van der Waals surface area contributed by atoms with Crippen LogP contribution in [0.25, 0.3) is 0 Å². The number of hydrogen-bond donors (Lipinski definition) is 3. The number of carboxylic acids is 2. The molecule has 1 fully saturated rings. The van der Waals surface area contributed by atoms with Crippen LogP contribution >= 0.6 is 0 Å². The first-order valence-electron chi connectivity index (χ1n) is 6.76. The summed E-state index contributed by atoms with van der Waals surface area (Å²) in [5.41, 5.74) is 5.42. The van der Waals surface area contributed by atoms with Gasteiger partial charge in [-0.3, -0.25) is 9.59 Å². The van der Waals surface area contributed by atoms with Gasteiger partial charge in [-0.25, -0.2) is 0 Å². The van der Waals surface area contributed by atoms with Crippen molar-refractivity contribution in [3.05, 3.63) is 29.8 Å². The maximum atomic E-state index is 11.5. The Labute approximate surface area is 122 Å². The van der Waals surface area contributed by atoms with Crippen LogP contribution in [0.1, 0.15) is 18.4 Å². The highest BCUT2D eigenvalue weighted by Gasteiger charge is 2.57. The molecule has 1 aliphatic carbocycles. The Kier molecular flexibility index (Phi) is 4.18. The average molecular weight is 293 g/mol. The van der Waals surface area contributed by atoms with E-state index in [9.17, 15) is 14.7 Å². The zero-order valence-electron chi connectivity index (χ0n) is 11.8. The van der Waals surface area contributed by atoms with Crippen LogP contribution in [0.4, 0.5) is 0 Å². The maximum Gasteiger partial charge on any atom is 0.324 e. The number of hydrogen-bond acceptors (Lipinski definition) is 4. The summed E-state index contributed by atoms with van der Waals surface area (Å²) in [6.45, 7) is 0. The highest BCUT2D eigenvalue weighted by Crippen LogP contribution is 2.47. The van der Waals surface area contributed by atoms with Gasteiger partial charge in [0, 0.05) is 5.92 Å². The molecule has 3 atom stereocenters. The molecule has 0 spiro atoms. The van der Waals surface area contributed by atoms with Crippen LogP contribution in [0.3, 0.4) is 0 Å². The molecule has 1 aromatic carbocycles. The number of ether oxygens (including phenoxy) is 1. The summed E-state index contributed by atoms with van der Waals surface area (Å²) in [7, 11) is 1.56. The number of carboxylic acid groups (broad SMARTS) is 2. The first kappa shape index (κ1) is 15.3. The first-order chi connectivity index (χ1) is 9.88. The van der Waals surface area contributed by atoms with Crippen molar-refractivity contribution in [2.75, 3.05) is 7.11 Å². The zero-order valence-corrected chi connectivity index (χ0v) is 11.8. The Morgan fingerprint density at radius 3 is 2.67 bits per heavy atom. The highest BCUT2D eigenvalue weighted by atomic mass is 16.5. The summed E-state index contributed by atoms with van der Waals surface area (Å²) < 4.78 is 5.12. The van der Waals surface area contributed by atoms with Gasteiger partial charge in [-0.15, -0.1) is 0 Å². The van der Waals surface area contributed by atoms with Crippen molar-refractivity contribution in [1.29, 1.82) is 0 Å². The van der Waals surface area contributed by atoms with Gasteiger partial charge in [0.25, 0.3) is 0 Å². The lowest BCUT2D eigenvalue weighted by atomic mass is 9.86. The highest BCUT2D eigenvalue weighted by molar-refractivity contribution is 5.83. The van der Waals surface area contributed by atoms with Crippen molar-refractivity contribution < 1.29 is 24.5 Å². The molecule has 0 aromatic heterocycles. The minimum atomic E-state index is -1.49. The maximum absolute atomic E-state index is 11.5. The van der Waals surface area contributed by atoms with Crippen LogP contribution in [0.5, 0.6) is 5.75 Å². The molecule has 0 amide bonds. The van der Waals surface area contributed by atoms with Crippen molar-refractivity contribution >= 4 is 11.9 Å². The SMILES string of the molecule is COc1cccc(CC[C@](N)(C(=O)O)C2C[C@@H]2C(=O)O)c1. The van der Waals surface area contributed by atoms with Gasteiger partial charge in [0.15, 0.2) is 0 Å². The van der Waals surface area contributed by atoms with E-state index in [-0.39, 0.29) is 6.42 Å². The molecule has 21 heavy (non-hydrogen) atoms. The fourth-order valence-corrected chi connectivity index (χ4v) is 2.67. The fraction of sp³-hybridized carbons (Fsp3) is 0.467. The van der Waals surface area contributed by atoms with Crippen molar-refractivity contribution in [3.8, 4) is 5.75 Å². The van der Waals surface area contributed by atoms with Crippen molar-refractivity contribution in [2.45, 2.75) is 24.8 Å². The van der Waals surface area contributed by atoms with E-state index in [1.165, 1.54) is 0 Å². The summed E-state index contributed by atoms with van der Waals surface area (Å²) in [5.74, 6) is -2.56. The summed E-state index contributed by atoms with van der Waals surface area (Å²) in [6.07, 6.45) is 0.989. The lowest BCUT2D eigenvalue weighted by Gasteiger charge is -2.25. The second-order valence-corrected chi connectivity index (χ2v) is 5.48. The molecular weight excluding hydrogens is 274 g/mol. The Balaban J connectivity index is 2.07. The molecule has 1 saturated carbocycles. The van der Waals surface area contributed by atoms with Crippen molar-refractivity contribution in [2.24, 2.45) is 17.6 Å². The van der Waals surface area contributed by atoms with Gasteiger partial charge >= 0.3 is 11.9 Å². The largest absolute Gasteiger partial charge is 0.497 e. The van der Waals surface area contributed by atoms with Gasteiger partial charge in [0.05, 0.1) is 13.0 Å². The Morgan fingerprint density at radius 1 is 1.43 bits per heavy atom. The van der Waals surface area contributed by atoms with Crippen LogP contribution in [-0.2, 0) is 16.0 Å². The molecule has 114 valence electrons. The lowest BCUT2D eigenvalue weighted by Crippen LogP contribution is -2.51. The topological polar surface area (TPSA) is 110 Å². The quantitative estimate of drug-likeness (QED) is 0.695. The van der Waals surface area contributed by atoms with Crippen molar-refractivity contribution in [3.63, 3.8) is 0 Å². The van der Waals surface area contributed by atoms with E-state index in [1.54, 1.807) is 13.2 Å². The summed E-state index contributed by atoms with van der Waals surface area (Å²) >= 11 is 0. The average Bonchev–Trinajstić information content (AvgIpc) is 3.26. The van der Waals surface area contributed by atoms with Gasteiger partial charge in [-0.1, -0.05) is 12.1 Å². The molecular formula is C15H19NO5. The molecule has 0 aliphatic heterocycles. The molecule has 1 aliphatic rings. The van der Waals surface area contributed by atoms with Gasteiger partial charge in [-0.05, 0) is 37.0 Å². The zero-order chi connectivity index (χ0) is 15.6. The summed E-state index contributed by atoms with van der Waals surface area (Å²) in [5, 5.41) is 18.3. The van der Waals surface area contributed by atoms with Gasteiger partial charge in [-0.2, -0.15) is 0 Å². The molecule has 4 N–H and O–H groups in total. The minimum Gasteiger partial charge on any atom is -0.497 e. The Morgan fingerprint density at radius 2 is 2.14 bits per heavy atom. The number of aliphatic carboxylic acids is 2. The van der Waals surface area contributed by atoms with Crippen LogP contribution in [0.15, 0.2) is 24.3 Å². The number of rotatable bonds is 7. The Hall–Kier alpha value is -2.08. The molecule has 0 bridgehead atoms. The Bertz CT molecular complexity index is 559.